The summed E-state index contributed by atoms with van der Waals surface area (Å²) in [5.74, 6) is 2.54. The van der Waals surface area contributed by atoms with Crippen LogP contribution in [0.25, 0.3) is 0 Å². The number of rotatable bonds is 4. The van der Waals surface area contributed by atoms with Gasteiger partial charge in [0.05, 0.1) is 0 Å². The van der Waals surface area contributed by atoms with Crippen molar-refractivity contribution in [3.63, 3.8) is 0 Å². The Labute approximate surface area is 127 Å². The number of aromatic nitrogens is 2. The van der Waals surface area contributed by atoms with Crippen LogP contribution in [-0.2, 0) is 6.54 Å². The normalized spacial score (nSPS) is 11.0. The molecule has 0 aliphatic carbocycles. The highest BCUT2D eigenvalue weighted by Gasteiger charge is 2.14. The van der Waals surface area contributed by atoms with Crippen molar-refractivity contribution in [1.29, 1.82) is 0 Å². The molecular formula is C17H24N4. The molecule has 0 aliphatic rings. The van der Waals surface area contributed by atoms with E-state index in [9.17, 15) is 0 Å². The van der Waals surface area contributed by atoms with E-state index in [1.54, 1.807) is 0 Å². The van der Waals surface area contributed by atoms with Gasteiger partial charge in [-0.2, -0.15) is 0 Å². The van der Waals surface area contributed by atoms with Gasteiger partial charge in [-0.25, -0.2) is 9.97 Å². The van der Waals surface area contributed by atoms with Gasteiger partial charge in [0.2, 0.25) is 0 Å². The first-order chi connectivity index (χ1) is 9.88. The molecule has 2 N–H and O–H groups in total. The number of hydrogen-bond donors (Lipinski definition) is 1. The van der Waals surface area contributed by atoms with Gasteiger partial charge in [-0.3, -0.25) is 0 Å². The Morgan fingerprint density at radius 1 is 1.19 bits per heavy atom. The third kappa shape index (κ3) is 3.51. The van der Waals surface area contributed by atoms with Crippen molar-refractivity contribution in [3.8, 4) is 0 Å². The van der Waals surface area contributed by atoms with E-state index in [-0.39, 0.29) is 5.92 Å². The number of nitrogens with zero attached hydrogens (tertiary/aromatic N) is 3. The summed E-state index contributed by atoms with van der Waals surface area (Å²) in [6, 6.07) is 8.51. The fourth-order valence-electron chi connectivity index (χ4n) is 2.33. The third-order valence-electron chi connectivity index (χ3n) is 3.56. The van der Waals surface area contributed by atoms with Crippen LogP contribution in [0.2, 0.25) is 0 Å². The summed E-state index contributed by atoms with van der Waals surface area (Å²) in [4.78, 5) is 11.2. The molecule has 0 radical (unpaired) electrons. The molecule has 0 fully saturated rings. The molecule has 0 unspecified atom stereocenters. The fraction of sp³-hybridized carbons (Fsp3) is 0.412. The summed E-state index contributed by atoms with van der Waals surface area (Å²) in [6.45, 7) is 9.04. The first kappa shape index (κ1) is 15.3. The summed E-state index contributed by atoms with van der Waals surface area (Å²) in [5.41, 5.74) is 9.51. The SMILES string of the molecule is Cc1cccc(CN(C)c2nc(C(C)C)nc(N)c2C)c1. The monoisotopic (exact) mass is 284 g/mol. The minimum atomic E-state index is 0.263. The van der Waals surface area contributed by atoms with Crippen molar-refractivity contribution >= 4 is 11.6 Å². The predicted molar refractivity (Wildman–Crippen MR) is 88.6 cm³/mol. The Balaban J connectivity index is 2.32. The number of aryl methyl sites for hydroxylation is 1. The van der Waals surface area contributed by atoms with Gasteiger partial charge in [-0.05, 0) is 19.4 Å². The zero-order chi connectivity index (χ0) is 15.6. The zero-order valence-electron chi connectivity index (χ0n) is 13.5. The molecule has 1 aromatic carbocycles. The van der Waals surface area contributed by atoms with E-state index in [0.717, 1.165) is 23.8 Å². The van der Waals surface area contributed by atoms with Crippen LogP contribution in [0, 0.1) is 13.8 Å². The average Bonchev–Trinajstić information content (AvgIpc) is 2.41. The van der Waals surface area contributed by atoms with Crippen molar-refractivity contribution in [3.05, 3.63) is 46.8 Å². The van der Waals surface area contributed by atoms with Crippen LogP contribution in [0.15, 0.2) is 24.3 Å². The number of anilines is 2. The molecule has 4 heteroatoms. The number of nitrogen functional groups attached to an aromatic ring is 1. The van der Waals surface area contributed by atoms with Gasteiger partial charge in [0.15, 0.2) is 0 Å². The van der Waals surface area contributed by atoms with Gasteiger partial charge in [0.25, 0.3) is 0 Å². The average molecular weight is 284 g/mol. The minimum absolute atomic E-state index is 0.263. The molecule has 0 saturated carbocycles. The lowest BCUT2D eigenvalue weighted by Gasteiger charge is -2.22. The lowest BCUT2D eigenvalue weighted by atomic mass is 10.1. The highest BCUT2D eigenvalue weighted by atomic mass is 15.2. The van der Waals surface area contributed by atoms with Crippen LogP contribution in [-0.4, -0.2) is 17.0 Å². The van der Waals surface area contributed by atoms with E-state index in [1.807, 2.05) is 14.0 Å². The van der Waals surface area contributed by atoms with E-state index >= 15 is 0 Å². The predicted octanol–water partition coefficient (Wildman–Crippen LogP) is 3.44. The van der Waals surface area contributed by atoms with Gasteiger partial charge >= 0.3 is 0 Å². The Kier molecular flexibility index (Phi) is 4.46. The first-order valence-corrected chi connectivity index (χ1v) is 7.29. The summed E-state index contributed by atoms with van der Waals surface area (Å²) >= 11 is 0. The van der Waals surface area contributed by atoms with Crippen LogP contribution in [0.3, 0.4) is 0 Å². The van der Waals surface area contributed by atoms with Gasteiger partial charge in [0, 0.05) is 25.1 Å². The number of nitrogens with two attached hydrogens (primary N) is 1. The Morgan fingerprint density at radius 2 is 1.90 bits per heavy atom. The lowest BCUT2D eigenvalue weighted by molar-refractivity contribution is 0.761. The second kappa shape index (κ2) is 6.12. The lowest BCUT2D eigenvalue weighted by Crippen LogP contribution is -2.21. The van der Waals surface area contributed by atoms with Gasteiger partial charge < -0.3 is 10.6 Å². The molecule has 0 spiro atoms. The quantitative estimate of drug-likeness (QED) is 0.934. The molecule has 4 nitrogen and oxygen atoms in total. The maximum Gasteiger partial charge on any atom is 0.137 e. The van der Waals surface area contributed by atoms with Crippen LogP contribution in [0.5, 0.6) is 0 Å². The maximum absolute atomic E-state index is 6.04. The summed E-state index contributed by atoms with van der Waals surface area (Å²) in [6.07, 6.45) is 0. The highest BCUT2D eigenvalue weighted by Crippen LogP contribution is 2.24. The smallest absolute Gasteiger partial charge is 0.137 e. The molecule has 0 saturated heterocycles. The molecule has 2 rings (SSSR count). The maximum atomic E-state index is 6.04. The van der Waals surface area contributed by atoms with Crippen molar-refractivity contribution < 1.29 is 0 Å². The number of benzene rings is 1. The van der Waals surface area contributed by atoms with E-state index in [2.05, 4.69) is 59.9 Å². The second-order valence-corrected chi connectivity index (χ2v) is 5.92. The van der Waals surface area contributed by atoms with E-state index in [4.69, 9.17) is 5.73 Å². The molecule has 1 heterocycles. The van der Waals surface area contributed by atoms with E-state index in [1.165, 1.54) is 11.1 Å². The molecule has 2 aromatic rings. The molecule has 1 aromatic heterocycles. The molecule has 112 valence electrons. The topological polar surface area (TPSA) is 55.0 Å². The van der Waals surface area contributed by atoms with E-state index < -0.39 is 0 Å². The van der Waals surface area contributed by atoms with Gasteiger partial charge in [0.1, 0.15) is 17.5 Å². The van der Waals surface area contributed by atoms with E-state index in [0.29, 0.717) is 5.82 Å². The Hall–Kier alpha value is -2.10. The minimum Gasteiger partial charge on any atom is -0.383 e. The van der Waals surface area contributed by atoms with Gasteiger partial charge in [-0.1, -0.05) is 43.7 Å². The molecule has 0 bridgehead atoms. The number of hydrogen-bond acceptors (Lipinski definition) is 4. The molecular weight excluding hydrogens is 260 g/mol. The van der Waals surface area contributed by atoms with Crippen LogP contribution >= 0.6 is 0 Å². The largest absolute Gasteiger partial charge is 0.383 e. The fourth-order valence-corrected chi connectivity index (χ4v) is 2.33. The van der Waals surface area contributed by atoms with Crippen molar-refractivity contribution in [2.75, 3.05) is 17.7 Å². The standard InChI is InChI=1S/C17H24N4/c1-11(2)16-19-15(18)13(4)17(20-16)21(5)10-14-8-6-7-12(3)9-14/h6-9,11H,10H2,1-5H3,(H2,18,19,20). The van der Waals surface area contributed by atoms with Crippen LogP contribution in [0.4, 0.5) is 11.6 Å². The summed E-state index contributed by atoms with van der Waals surface area (Å²) < 4.78 is 0. The van der Waals surface area contributed by atoms with Crippen molar-refractivity contribution in [2.24, 2.45) is 0 Å². The molecule has 21 heavy (non-hydrogen) atoms. The molecule has 0 atom stereocenters. The van der Waals surface area contributed by atoms with Crippen molar-refractivity contribution in [2.45, 2.75) is 40.2 Å². The summed E-state index contributed by atoms with van der Waals surface area (Å²) in [7, 11) is 2.04. The zero-order valence-corrected chi connectivity index (χ0v) is 13.5. The highest BCUT2D eigenvalue weighted by molar-refractivity contribution is 5.56. The molecule has 0 aliphatic heterocycles. The molecule has 0 amide bonds. The van der Waals surface area contributed by atoms with Crippen LogP contribution in [0.1, 0.15) is 42.3 Å². The Morgan fingerprint density at radius 3 is 2.52 bits per heavy atom. The summed E-state index contributed by atoms with van der Waals surface area (Å²) in [5, 5.41) is 0. The first-order valence-electron chi connectivity index (χ1n) is 7.29. The second-order valence-electron chi connectivity index (χ2n) is 5.92. The Bertz CT molecular complexity index is 635. The van der Waals surface area contributed by atoms with Crippen LogP contribution < -0.4 is 10.6 Å². The third-order valence-corrected chi connectivity index (χ3v) is 3.56. The van der Waals surface area contributed by atoms with Crippen molar-refractivity contribution in [1.82, 2.24) is 9.97 Å². The van der Waals surface area contributed by atoms with Gasteiger partial charge in [-0.15, -0.1) is 0 Å².